The van der Waals surface area contributed by atoms with E-state index in [2.05, 4.69) is 16.4 Å². The number of anilines is 1. The molecule has 0 spiro atoms. The number of pyridine rings is 1. The predicted molar refractivity (Wildman–Crippen MR) is 140 cm³/mol. The van der Waals surface area contributed by atoms with Gasteiger partial charge >= 0.3 is 0 Å². The van der Waals surface area contributed by atoms with Gasteiger partial charge < -0.3 is 20.8 Å². The van der Waals surface area contributed by atoms with Crippen LogP contribution in [-0.2, 0) is 17.9 Å². The summed E-state index contributed by atoms with van der Waals surface area (Å²) < 4.78 is 5.16. The maximum Gasteiger partial charge on any atom is 0.224 e. The Bertz CT molecular complexity index is 1250. The summed E-state index contributed by atoms with van der Waals surface area (Å²) in [7, 11) is 1.64. The number of hydrogen-bond donors (Lipinski definition) is 3. The fourth-order valence-electron chi connectivity index (χ4n) is 4.31. The number of nitrogens with two attached hydrogens (primary N) is 2. The fourth-order valence-corrected chi connectivity index (χ4v) is 4.31. The number of ether oxygens (including phenoxy) is 1. The Labute approximate surface area is 211 Å². The fraction of sp³-hybridized carbons (Fsp3) is 0.333. The molecule has 0 unspecified atom stereocenters. The van der Waals surface area contributed by atoms with Gasteiger partial charge in [0.1, 0.15) is 0 Å². The molecular weight excluding hydrogens is 452 g/mol. The molecule has 9 heteroatoms. The molecule has 3 aromatic rings. The molecule has 1 aromatic carbocycles. The molecule has 4 rings (SSSR count). The molecule has 186 valence electrons. The molecule has 5 N–H and O–H groups in total. The quantitative estimate of drug-likeness (QED) is 0.304. The van der Waals surface area contributed by atoms with Gasteiger partial charge in [-0.05, 0) is 43.2 Å². The van der Waals surface area contributed by atoms with E-state index in [0.29, 0.717) is 47.8 Å². The Morgan fingerprint density at radius 2 is 1.89 bits per heavy atom. The Morgan fingerprint density at radius 1 is 1.11 bits per heavy atom. The first-order valence-corrected chi connectivity index (χ1v) is 12.1. The zero-order valence-corrected chi connectivity index (χ0v) is 20.5. The molecule has 1 aliphatic rings. The number of nitrogens with zero attached hydrogens (tertiary/aromatic N) is 5. The second-order valence-corrected chi connectivity index (χ2v) is 8.94. The van der Waals surface area contributed by atoms with E-state index in [1.165, 1.54) is 24.3 Å². The van der Waals surface area contributed by atoms with E-state index in [4.69, 9.17) is 26.3 Å². The van der Waals surface area contributed by atoms with E-state index in [-0.39, 0.29) is 0 Å². The van der Waals surface area contributed by atoms with Gasteiger partial charge in [0.05, 0.1) is 53.3 Å². The third-order valence-corrected chi connectivity index (χ3v) is 6.05. The van der Waals surface area contributed by atoms with Crippen molar-refractivity contribution >= 4 is 11.6 Å². The van der Waals surface area contributed by atoms with Crippen LogP contribution >= 0.6 is 0 Å². The summed E-state index contributed by atoms with van der Waals surface area (Å²) in [5.41, 5.74) is 11.1. The number of nitrogens with one attached hydrogen (secondary N) is 1. The van der Waals surface area contributed by atoms with Crippen molar-refractivity contribution in [3.63, 3.8) is 0 Å². The molecule has 0 atom stereocenters. The highest BCUT2D eigenvalue weighted by molar-refractivity contribution is 5.69. The first-order chi connectivity index (χ1) is 17.5. The van der Waals surface area contributed by atoms with Crippen molar-refractivity contribution in [3.05, 3.63) is 77.4 Å². The number of hydrazine groups is 1. The molecule has 0 radical (unpaired) electrons. The summed E-state index contributed by atoms with van der Waals surface area (Å²) >= 11 is 0. The third kappa shape index (κ3) is 6.78. The van der Waals surface area contributed by atoms with Crippen molar-refractivity contribution in [2.75, 3.05) is 12.4 Å². The van der Waals surface area contributed by atoms with Crippen molar-refractivity contribution in [1.82, 2.24) is 20.0 Å². The molecule has 36 heavy (non-hydrogen) atoms. The molecule has 1 fully saturated rings. The average Bonchev–Trinajstić information content (AvgIpc) is 2.89. The molecule has 1 saturated carbocycles. The van der Waals surface area contributed by atoms with Crippen LogP contribution in [0, 0.1) is 11.3 Å². The minimum Gasteiger partial charge on any atom is -0.396 e. The average molecular weight is 485 g/mol. The van der Waals surface area contributed by atoms with Crippen molar-refractivity contribution in [1.29, 1.82) is 5.26 Å². The lowest BCUT2D eigenvalue weighted by Crippen LogP contribution is -2.27. The SMILES string of the molecule is COCc1cccc(CN(N)/C=C(\N)c2cc(-c3cccc(C#N)c3)nc(NC3CCCCC3)n2)n1. The van der Waals surface area contributed by atoms with Crippen LogP contribution in [0.1, 0.15) is 54.7 Å². The largest absolute Gasteiger partial charge is 0.396 e. The van der Waals surface area contributed by atoms with Crippen molar-refractivity contribution < 1.29 is 4.74 Å². The minimum absolute atomic E-state index is 0.328. The van der Waals surface area contributed by atoms with Gasteiger partial charge in [-0.15, -0.1) is 0 Å². The summed E-state index contributed by atoms with van der Waals surface area (Å²) in [6, 6.07) is 17.4. The van der Waals surface area contributed by atoms with Gasteiger partial charge in [0.15, 0.2) is 0 Å². The monoisotopic (exact) mass is 484 g/mol. The molecule has 0 aliphatic heterocycles. The first kappa shape index (κ1) is 25.1. The van der Waals surface area contributed by atoms with Crippen LogP contribution in [0.15, 0.2) is 54.7 Å². The zero-order valence-electron chi connectivity index (χ0n) is 20.5. The summed E-state index contributed by atoms with van der Waals surface area (Å²) in [6.45, 7) is 0.803. The molecule has 0 bridgehead atoms. The predicted octanol–water partition coefficient (Wildman–Crippen LogP) is 3.93. The minimum atomic E-state index is 0.328. The molecule has 2 aromatic heterocycles. The van der Waals surface area contributed by atoms with Gasteiger partial charge in [-0.25, -0.2) is 15.8 Å². The van der Waals surface area contributed by atoms with Gasteiger partial charge in [-0.2, -0.15) is 5.26 Å². The number of hydrogen-bond acceptors (Lipinski definition) is 9. The van der Waals surface area contributed by atoms with Gasteiger partial charge in [0.2, 0.25) is 5.95 Å². The van der Waals surface area contributed by atoms with Gasteiger partial charge in [0, 0.05) is 24.9 Å². The number of rotatable bonds is 9. The lowest BCUT2D eigenvalue weighted by molar-refractivity contribution is 0.181. The molecule has 0 amide bonds. The maximum absolute atomic E-state index is 9.33. The second kappa shape index (κ2) is 12.1. The summed E-state index contributed by atoms with van der Waals surface area (Å²) in [6.07, 6.45) is 7.47. The highest BCUT2D eigenvalue weighted by atomic mass is 16.5. The maximum atomic E-state index is 9.33. The van der Waals surface area contributed by atoms with Gasteiger partial charge in [-0.3, -0.25) is 4.98 Å². The Hall–Kier alpha value is -4.00. The lowest BCUT2D eigenvalue weighted by atomic mass is 9.96. The number of aromatic nitrogens is 3. The molecule has 2 heterocycles. The third-order valence-electron chi connectivity index (χ3n) is 6.05. The van der Waals surface area contributed by atoms with Crippen LogP contribution in [0.2, 0.25) is 0 Å². The van der Waals surface area contributed by atoms with Crippen molar-refractivity contribution in [2.45, 2.75) is 51.3 Å². The van der Waals surface area contributed by atoms with E-state index in [1.807, 2.05) is 42.5 Å². The van der Waals surface area contributed by atoms with Crippen molar-refractivity contribution in [2.24, 2.45) is 11.6 Å². The zero-order chi connectivity index (χ0) is 25.3. The Kier molecular flexibility index (Phi) is 8.44. The molecular formula is C27H32N8O. The summed E-state index contributed by atoms with van der Waals surface area (Å²) in [5, 5.41) is 14.3. The van der Waals surface area contributed by atoms with Crippen LogP contribution in [0.25, 0.3) is 17.0 Å². The van der Waals surface area contributed by atoms with E-state index >= 15 is 0 Å². The highest BCUT2D eigenvalue weighted by Crippen LogP contribution is 2.25. The summed E-state index contributed by atoms with van der Waals surface area (Å²) in [4.78, 5) is 14.0. The number of nitriles is 1. The first-order valence-electron chi connectivity index (χ1n) is 12.1. The topological polar surface area (TPSA) is 139 Å². The van der Waals surface area contributed by atoms with Crippen molar-refractivity contribution in [3.8, 4) is 17.3 Å². The summed E-state index contributed by atoms with van der Waals surface area (Å²) in [5.74, 6) is 6.77. The van der Waals surface area contributed by atoms with Crippen LogP contribution in [0.5, 0.6) is 0 Å². The standard InChI is InChI=1S/C27H32N8O/c1-36-18-23-12-6-11-22(31-23)16-35(30)17-24(29)26-14-25(20-8-5-7-19(13-20)15-28)33-27(34-26)32-21-9-3-2-4-10-21/h5-8,11-14,17,21H,2-4,9-10,16,18,29-30H2,1H3,(H,32,33,34)/b24-17-. The van der Waals surface area contributed by atoms with E-state index in [0.717, 1.165) is 29.8 Å². The van der Waals surface area contributed by atoms with Crippen LogP contribution in [0.4, 0.5) is 5.95 Å². The van der Waals surface area contributed by atoms with Gasteiger partial charge in [0.25, 0.3) is 0 Å². The Balaban J connectivity index is 1.61. The number of benzene rings is 1. The van der Waals surface area contributed by atoms with E-state index < -0.39 is 0 Å². The molecule has 1 aliphatic carbocycles. The second-order valence-electron chi connectivity index (χ2n) is 8.94. The Morgan fingerprint density at radius 3 is 2.67 bits per heavy atom. The van der Waals surface area contributed by atoms with Gasteiger partial charge in [-0.1, -0.05) is 37.5 Å². The lowest BCUT2D eigenvalue weighted by Gasteiger charge is -2.23. The van der Waals surface area contributed by atoms with E-state index in [1.54, 1.807) is 19.4 Å². The smallest absolute Gasteiger partial charge is 0.224 e. The highest BCUT2D eigenvalue weighted by Gasteiger charge is 2.16. The van der Waals surface area contributed by atoms with E-state index in [9.17, 15) is 5.26 Å². The van der Waals surface area contributed by atoms with Crippen LogP contribution in [0.3, 0.4) is 0 Å². The van der Waals surface area contributed by atoms with Crippen LogP contribution < -0.4 is 16.9 Å². The molecule has 0 saturated heterocycles. The number of methoxy groups -OCH3 is 1. The molecule has 9 nitrogen and oxygen atoms in total. The van der Waals surface area contributed by atoms with Crippen LogP contribution in [-0.4, -0.2) is 33.1 Å². The normalized spacial score (nSPS) is 14.3.